The Labute approximate surface area is 166 Å². The molecule has 0 fully saturated rings. The van der Waals surface area contributed by atoms with Gasteiger partial charge in [-0.15, -0.1) is 0 Å². The summed E-state index contributed by atoms with van der Waals surface area (Å²) >= 11 is 12.7. The molecule has 0 saturated heterocycles. The molecule has 3 rings (SSSR count). The molecule has 0 N–H and O–H groups in total. The number of ether oxygens (including phenoxy) is 2. The van der Waals surface area contributed by atoms with E-state index in [0.717, 1.165) is 11.4 Å². The molecule has 0 aliphatic heterocycles. The van der Waals surface area contributed by atoms with E-state index in [-0.39, 0.29) is 17.2 Å². The number of hydrogen-bond donors (Lipinski definition) is 0. The maximum Gasteiger partial charge on any atom is 0.346 e. The lowest BCUT2D eigenvalue weighted by molar-refractivity contribution is 0.0720. The smallest absolute Gasteiger partial charge is 0.346 e. The molecule has 27 heavy (non-hydrogen) atoms. The van der Waals surface area contributed by atoms with Crippen molar-refractivity contribution < 1.29 is 14.3 Å². The number of benzene rings is 1. The summed E-state index contributed by atoms with van der Waals surface area (Å²) in [7, 11) is 3.46. The SMILES string of the molecule is Cc1cc(OCc2c(Cl)ccc(C(=O)Oc3cc(C)nn3C)c2Cl)n(C)n1. The van der Waals surface area contributed by atoms with Gasteiger partial charge in [-0.05, 0) is 26.0 Å². The predicted molar refractivity (Wildman–Crippen MR) is 102 cm³/mol. The maximum absolute atomic E-state index is 12.5. The molecule has 0 radical (unpaired) electrons. The molecule has 0 aliphatic rings. The minimum atomic E-state index is -0.600. The molecular formula is C18H18Cl2N4O3. The number of rotatable bonds is 5. The first-order chi connectivity index (χ1) is 12.8. The molecule has 0 atom stereocenters. The molecule has 0 unspecified atom stereocenters. The Bertz CT molecular complexity index is 1010. The summed E-state index contributed by atoms with van der Waals surface area (Å²) in [6, 6.07) is 6.57. The zero-order valence-electron chi connectivity index (χ0n) is 15.3. The molecule has 0 spiro atoms. The van der Waals surface area contributed by atoms with Crippen molar-refractivity contribution in [1.82, 2.24) is 19.6 Å². The second kappa shape index (κ2) is 7.62. The first-order valence-electron chi connectivity index (χ1n) is 8.09. The summed E-state index contributed by atoms with van der Waals surface area (Å²) in [5.74, 6) is 0.293. The number of carbonyl (C=O) groups is 1. The number of nitrogens with zero attached hydrogens (tertiary/aromatic N) is 4. The topological polar surface area (TPSA) is 71.2 Å². The van der Waals surface area contributed by atoms with E-state index in [0.29, 0.717) is 22.3 Å². The fraction of sp³-hybridized carbons (Fsp3) is 0.278. The number of carbonyl (C=O) groups excluding carboxylic acids is 1. The highest BCUT2D eigenvalue weighted by molar-refractivity contribution is 6.38. The molecule has 0 bridgehead atoms. The lowest BCUT2D eigenvalue weighted by Gasteiger charge is -2.12. The molecule has 2 aromatic heterocycles. The number of esters is 1. The van der Waals surface area contributed by atoms with Gasteiger partial charge in [-0.2, -0.15) is 10.2 Å². The Morgan fingerprint density at radius 2 is 1.63 bits per heavy atom. The fourth-order valence-corrected chi connectivity index (χ4v) is 3.14. The Balaban J connectivity index is 1.83. The third-order valence-electron chi connectivity index (χ3n) is 3.89. The van der Waals surface area contributed by atoms with Gasteiger partial charge >= 0.3 is 5.97 Å². The van der Waals surface area contributed by atoms with E-state index in [1.54, 1.807) is 37.0 Å². The van der Waals surface area contributed by atoms with Crippen LogP contribution in [-0.2, 0) is 20.7 Å². The van der Waals surface area contributed by atoms with Crippen LogP contribution in [0.25, 0.3) is 0 Å². The van der Waals surface area contributed by atoms with Crippen molar-refractivity contribution in [3.63, 3.8) is 0 Å². The predicted octanol–water partition coefficient (Wildman–Crippen LogP) is 3.88. The highest BCUT2D eigenvalue weighted by Gasteiger charge is 2.20. The van der Waals surface area contributed by atoms with Crippen molar-refractivity contribution in [2.24, 2.45) is 14.1 Å². The van der Waals surface area contributed by atoms with Crippen LogP contribution in [0.5, 0.6) is 11.8 Å². The van der Waals surface area contributed by atoms with E-state index in [1.807, 2.05) is 13.8 Å². The third kappa shape index (κ3) is 4.09. The first kappa shape index (κ1) is 19.3. The molecule has 9 heteroatoms. The monoisotopic (exact) mass is 408 g/mol. The zero-order valence-corrected chi connectivity index (χ0v) is 16.8. The van der Waals surface area contributed by atoms with E-state index in [9.17, 15) is 4.79 Å². The van der Waals surface area contributed by atoms with Crippen LogP contribution in [0, 0.1) is 13.8 Å². The van der Waals surface area contributed by atoms with Crippen LogP contribution in [-0.4, -0.2) is 25.5 Å². The summed E-state index contributed by atoms with van der Waals surface area (Å²) in [4.78, 5) is 12.5. The van der Waals surface area contributed by atoms with Crippen LogP contribution in [0.2, 0.25) is 10.0 Å². The molecule has 2 heterocycles. The Morgan fingerprint density at radius 1 is 1.04 bits per heavy atom. The maximum atomic E-state index is 12.5. The van der Waals surface area contributed by atoms with Gasteiger partial charge in [0.2, 0.25) is 11.8 Å². The van der Waals surface area contributed by atoms with Crippen LogP contribution >= 0.6 is 23.2 Å². The minimum absolute atomic E-state index is 0.0859. The summed E-state index contributed by atoms with van der Waals surface area (Å²) in [6.07, 6.45) is 0. The second-order valence-electron chi connectivity index (χ2n) is 6.06. The molecule has 0 amide bonds. The Hall–Kier alpha value is -2.51. The van der Waals surface area contributed by atoms with Crippen LogP contribution in [0.15, 0.2) is 24.3 Å². The molecule has 1 aromatic carbocycles. The highest BCUT2D eigenvalue weighted by Crippen LogP contribution is 2.30. The van der Waals surface area contributed by atoms with Gasteiger partial charge in [-0.1, -0.05) is 23.2 Å². The number of halogens is 2. The second-order valence-corrected chi connectivity index (χ2v) is 6.85. The van der Waals surface area contributed by atoms with Gasteiger partial charge in [0, 0.05) is 36.8 Å². The van der Waals surface area contributed by atoms with Gasteiger partial charge in [-0.25, -0.2) is 14.2 Å². The van der Waals surface area contributed by atoms with Crippen LogP contribution < -0.4 is 9.47 Å². The Kier molecular flexibility index (Phi) is 5.43. The number of aromatic nitrogens is 4. The average molecular weight is 409 g/mol. The van der Waals surface area contributed by atoms with Crippen LogP contribution in [0.1, 0.15) is 27.3 Å². The molecule has 0 saturated carbocycles. The van der Waals surface area contributed by atoms with E-state index in [2.05, 4.69) is 10.2 Å². The van der Waals surface area contributed by atoms with Crippen LogP contribution in [0.3, 0.4) is 0 Å². The lowest BCUT2D eigenvalue weighted by Crippen LogP contribution is -2.13. The molecule has 142 valence electrons. The van der Waals surface area contributed by atoms with E-state index >= 15 is 0 Å². The normalized spacial score (nSPS) is 10.9. The van der Waals surface area contributed by atoms with Gasteiger partial charge in [0.1, 0.15) is 6.61 Å². The van der Waals surface area contributed by atoms with E-state index in [4.69, 9.17) is 32.7 Å². The van der Waals surface area contributed by atoms with Gasteiger partial charge in [-0.3, -0.25) is 0 Å². The van der Waals surface area contributed by atoms with Crippen molar-refractivity contribution in [1.29, 1.82) is 0 Å². The minimum Gasteiger partial charge on any atom is -0.473 e. The first-order valence-corrected chi connectivity index (χ1v) is 8.85. The third-order valence-corrected chi connectivity index (χ3v) is 4.67. The summed E-state index contributed by atoms with van der Waals surface area (Å²) in [5.41, 5.74) is 2.25. The van der Waals surface area contributed by atoms with Crippen molar-refractivity contribution in [2.75, 3.05) is 0 Å². The van der Waals surface area contributed by atoms with Crippen molar-refractivity contribution in [2.45, 2.75) is 20.5 Å². The van der Waals surface area contributed by atoms with E-state index in [1.165, 1.54) is 10.7 Å². The zero-order chi connectivity index (χ0) is 19.7. The largest absolute Gasteiger partial charge is 0.473 e. The standard InChI is InChI=1S/C18H18Cl2N4O3/c1-10-7-15(23(3)21-10)26-9-13-14(19)6-5-12(17(13)20)18(25)27-16-8-11(2)22-24(16)4/h5-8H,9H2,1-4H3. The highest BCUT2D eigenvalue weighted by atomic mass is 35.5. The quantitative estimate of drug-likeness (QED) is 0.599. The van der Waals surface area contributed by atoms with Gasteiger partial charge < -0.3 is 9.47 Å². The van der Waals surface area contributed by atoms with Gasteiger partial charge in [0.05, 0.1) is 22.0 Å². The Morgan fingerprint density at radius 3 is 2.19 bits per heavy atom. The number of hydrogen-bond acceptors (Lipinski definition) is 5. The molecular weight excluding hydrogens is 391 g/mol. The summed E-state index contributed by atoms with van der Waals surface area (Å²) in [6.45, 7) is 3.76. The van der Waals surface area contributed by atoms with Gasteiger partial charge in [0.15, 0.2) is 0 Å². The fourth-order valence-electron chi connectivity index (χ4n) is 2.59. The molecule has 7 nitrogen and oxygen atoms in total. The van der Waals surface area contributed by atoms with Crippen molar-refractivity contribution in [3.05, 3.63) is 56.8 Å². The average Bonchev–Trinajstić information content (AvgIpc) is 3.07. The summed E-state index contributed by atoms with van der Waals surface area (Å²) < 4.78 is 14.2. The number of aryl methyl sites for hydroxylation is 4. The van der Waals surface area contributed by atoms with Gasteiger partial charge in [0.25, 0.3) is 0 Å². The molecule has 0 aliphatic carbocycles. The van der Waals surface area contributed by atoms with Crippen molar-refractivity contribution in [3.8, 4) is 11.8 Å². The van der Waals surface area contributed by atoms with Crippen LogP contribution in [0.4, 0.5) is 0 Å². The van der Waals surface area contributed by atoms with Crippen molar-refractivity contribution >= 4 is 29.2 Å². The molecule has 3 aromatic rings. The van der Waals surface area contributed by atoms with E-state index < -0.39 is 5.97 Å². The summed E-state index contributed by atoms with van der Waals surface area (Å²) in [5, 5.41) is 8.94. The lowest BCUT2D eigenvalue weighted by atomic mass is 10.1.